The van der Waals surface area contributed by atoms with Crippen molar-refractivity contribution >= 4 is 67.4 Å². The van der Waals surface area contributed by atoms with Gasteiger partial charge in [0.05, 0.1) is 56.2 Å². The van der Waals surface area contributed by atoms with E-state index in [1.807, 2.05) is 48.5 Å². The highest BCUT2D eigenvalue weighted by atomic mass is 32.2. The lowest BCUT2D eigenvalue weighted by Crippen LogP contribution is -2.06. The minimum Gasteiger partial charge on any atom is -0.465 e. The number of ether oxygens (including phenoxy) is 2. The number of aromatic nitrogens is 2. The van der Waals surface area contributed by atoms with Gasteiger partial charge in [-0.15, -0.1) is 23.5 Å². The molecule has 0 saturated heterocycles. The number of hydrogen-bond acceptors (Lipinski definition) is 10. The molecule has 4 aromatic carbocycles. The van der Waals surface area contributed by atoms with Gasteiger partial charge in [-0.25, -0.2) is 9.59 Å². The number of hydrogen-bond donors (Lipinski definition) is 3. The highest BCUT2D eigenvalue weighted by Gasteiger charge is 2.27. The Morgan fingerprint density at radius 3 is 1.50 bits per heavy atom. The Bertz CT molecular complexity index is 2600. The summed E-state index contributed by atoms with van der Waals surface area (Å²) < 4.78 is 37.3. The number of nitrogens with one attached hydrogen (secondary N) is 2. The zero-order valence-corrected chi connectivity index (χ0v) is 38.1. The largest absolute Gasteiger partial charge is 0.465 e. The van der Waals surface area contributed by atoms with Crippen molar-refractivity contribution in [3.8, 4) is 22.5 Å². The van der Waals surface area contributed by atoms with Crippen LogP contribution in [0.4, 0.5) is 0 Å². The molecule has 10 nitrogen and oxygen atoms in total. The van der Waals surface area contributed by atoms with Crippen molar-refractivity contribution in [1.29, 1.82) is 0 Å². The van der Waals surface area contributed by atoms with Crippen LogP contribution in [0.25, 0.3) is 44.3 Å². The lowest BCUT2D eigenvalue weighted by Gasteiger charge is -2.23. The maximum absolute atomic E-state index is 12.1. The Morgan fingerprint density at radius 2 is 1.08 bits per heavy atom. The first kappa shape index (κ1) is 45.5. The molecular formula is C49H56N2O8S3. The van der Waals surface area contributed by atoms with Crippen molar-refractivity contribution in [2.45, 2.75) is 85.8 Å². The quantitative estimate of drug-likeness (QED) is 0.0418. The molecule has 13 heteroatoms. The summed E-state index contributed by atoms with van der Waals surface area (Å²) in [6.07, 6.45) is 13.3. The Morgan fingerprint density at radius 1 is 0.645 bits per heavy atom. The van der Waals surface area contributed by atoms with E-state index in [1.54, 1.807) is 23.5 Å². The standard InChI is InChI=1S/C25H29NO5S2.C24H27NO3S/c1-30-25(27)18-12-13-19-21(16-18)26-24(23(19)17-8-4-3-5-9-17)20-10-6-7-11-22(20)32-15-14-31-33(2,28)29;1-28-24(27)17-11-12-18-20(15-17)25-23(22(18)16-7-3-2-4-8-16)19-9-5-6-10-21(19)29-14-13-26/h6-7,10-13,16-17,26H,3-5,8-9,14-15H2,1-2H3;5-6,9-12,15-16,25-26H,2-4,7-8,13-14H2,1H3. The van der Waals surface area contributed by atoms with E-state index in [1.165, 1.54) is 92.6 Å². The summed E-state index contributed by atoms with van der Waals surface area (Å²) in [5.41, 5.74) is 10.1. The summed E-state index contributed by atoms with van der Waals surface area (Å²) >= 11 is 3.25. The minimum absolute atomic E-state index is 0.127. The summed E-state index contributed by atoms with van der Waals surface area (Å²) in [6.45, 7) is 0.284. The highest BCUT2D eigenvalue weighted by molar-refractivity contribution is 7.99. The van der Waals surface area contributed by atoms with Crippen LogP contribution in [-0.2, 0) is 23.8 Å². The average Bonchev–Trinajstić information content (AvgIpc) is 3.88. The molecule has 2 fully saturated rings. The predicted molar refractivity (Wildman–Crippen MR) is 251 cm³/mol. The maximum Gasteiger partial charge on any atom is 0.337 e. The minimum atomic E-state index is -3.45. The molecule has 0 amide bonds. The second kappa shape index (κ2) is 21.2. The average molecular weight is 897 g/mol. The van der Waals surface area contributed by atoms with Crippen LogP contribution in [0.1, 0.15) is 108 Å². The molecule has 328 valence electrons. The number of esters is 2. The highest BCUT2D eigenvalue weighted by Crippen LogP contribution is 2.46. The van der Waals surface area contributed by atoms with Crippen LogP contribution < -0.4 is 0 Å². The first-order chi connectivity index (χ1) is 30.1. The van der Waals surface area contributed by atoms with E-state index in [-0.39, 0.29) is 25.2 Å². The Kier molecular flexibility index (Phi) is 15.6. The number of H-pyrrole nitrogens is 2. The molecule has 8 rings (SSSR count). The van der Waals surface area contributed by atoms with Gasteiger partial charge >= 0.3 is 11.9 Å². The summed E-state index contributed by atoms with van der Waals surface area (Å²) in [6, 6.07) is 28.1. The number of aromatic amines is 2. The first-order valence-corrected chi connectivity index (χ1v) is 25.3. The van der Waals surface area contributed by atoms with E-state index in [4.69, 9.17) is 13.7 Å². The van der Waals surface area contributed by atoms with Gasteiger partial charge in [0.15, 0.2) is 0 Å². The zero-order chi connectivity index (χ0) is 43.6. The molecule has 62 heavy (non-hydrogen) atoms. The van der Waals surface area contributed by atoms with Gasteiger partial charge in [0, 0.05) is 54.2 Å². The topological polar surface area (TPSA) is 148 Å². The van der Waals surface area contributed by atoms with Gasteiger partial charge in [-0.2, -0.15) is 8.42 Å². The Hall–Kier alpha value is -4.53. The van der Waals surface area contributed by atoms with Crippen molar-refractivity contribution in [3.63, 3.8) is 0 Å². The number of benzene rings is 4. The molecule has 0 atom stereocenters. The fourth-order valence-electron chi connectivity index (χ4n) is 9.07. The normalized spacial score (nSPS) is 15.0. The number of thioether (sulfide) groups is 2. The van der Waals surface area contributed by atoms with E-state index in [0.717, 1.165) is 57.4 Å². The third-order valence-electron chi connectivity index (χ3n) is 11.8. The number of methoxy groups -OCH3 is 2. The van der Waals surface area contributed by atoms with Gasteiger partial charge in [0.25, 0.3) is 10.1 Å². The van der Waals surface area contributed by atoms with E-state index in [2.05, 4.69) is 46.4 Å². The predicted octanol–water partition coefficient (Wildman–Crippen LogP) is 11.5. The molecule has 2 saturated carbocycles. The molecule has 2 heterocycles. The molecule has 0 aliphatic heterocycles. The molecule has 0 unspecified atom stereocenters. The zero-order valence-electron chi connectivity index (χ0n) is 35.7. The van der Waals surface area contributed by atoms with Crippen LogP contribution in [0.5, 0.6) is 0 Å². The van der Waals surface area contributed by atoms with Gasteiger partial charge in [-0.05, 0) is 85.0 Å². The van der Waals surface area contributed by atoms with E-state index in [0.29, 0.717) is 34.5 Å². The Balaban J connectivity index is 0.000000188. The molecule has 2 aliphatic rings. The molecule has 2 aliphatic carbocycles. The number of rotatable bonds is 14. The van der Waals surface area contributed by atoms with Crippen LogP contribution in [0, 0.1) is 0 Å². The molecule has 6 aromatic rings. The molecule has 0 radical (unpaired) electrons. The molecular weight excluding hydrogens is 841 g/mol. The van der Waals surface area contributed by atoms with Gasteiger partial charge in [-0.1, -0.05) is 87.1 Å². The number of fused-ring (bicyclic) bond motifs is 2. The lowest BCUT2D eigenvalue weighted by atomic mass is 9.82. The maximum atomic E-state index is 12.1. The van der Waals surface area contributed by atoms with Crippen molar-refractivity contribution in [2.75, 3.05) is 45.2 Å². The fraction of sp³-hybridized carbons (Fsp3) is 0.388. The Labute approximate surface area is 373 Å². The second-order valence-corrected chi connectivity index (χ2v) is 19.9. The lowest BCUT2D eigenvalue weighted by molar-refractivity contribution is 0.0592. The van der Waals surface area contributed by atoms with Gasteiger partial charge in [0.1, 0.15) is 0 Å². The van der Waals surface area contributed by atoms with Gasteiger partial charge in [-0.3, -0.25) is 4.18 Å². The van der Waals surface area contributed by atoms with Crippen molar-refractivity contribution in [3.05, 3.63) is 107 Å². The van der Waals surface area contributed by atoms with Crippen molar-refractivity contribution in [1.82, 2.24) is 9.97 Å². The molecule has 2 aromatic heterocycles. The number of aliphatic hydroxyl groups excluding tert-OH is 1. The first-order valence-electron chi connectivity index (χ1n) is 21.5. The monoisotopic (exact) mass is 896 g/mol. The van der Waals surface area contributed by atoms with Gasteiger partial charge in [0.2, 0.25) is 0 Å². The van der Waals surface area contributed by atoms with Crippen LogP contribution in [0.3, 0.4) is 0 Å². The molecule has 0 spiro atoms. The van der Waals surface area contributed by atoms with Crippen LogP contribution in [-0.4, -0.2) is 80.6 Å². The van der Waals surface area contributed by atoms with Crippen molar-refractivity contribution < 1.29 is 36.8 Å². The number of aliphatic hydroxyl groups is 1. The number of carbonyl (C=O) groups excluding carboxylic acids is 2. The van der Waals surface area contributed by atoms with Gasteiger partial charge < -0.3 is 24.5 Å². The molecule has 3 N–H and O–H groups in total. The smallest absolute Gasteiger partial charge is 0.337 e. The van der Waals surface area contributed by atoms with E-state index >= 15 is 0 Å². The summed E-state index contributed by atoms with van der Waals surface area (Å²) in [5.74, 6) is 1.50. The fourth-order valence-corrected chi connectivity index (χ4v) is 11.3. The van der Waals surface area contributed by atoms with E-state index in [9.17, 15) is 23.1 Å². The second-order valence-electron chi connectivity index (χ2n) is 15.9. The van der Waals surface area contributed by atoms with Crippen molar-refractivity contribution in [2.24, 2.45) is 0 Å². The van der Waals surface area contributed by atoms with Crippen LogP contribution in [0.2, 0.25) is 0 Å². The van der Waals surface area contributed by atoms with Crippen LogP contribution in [0.15, 0.2) is 94.7 Å². The van der Waals surface area contributed by atoms with E-state index < -0.39 is 10.1 Å². The third kappa shape index (κ3) is 10.8. The molecule has 0 bridgehead atoms. The third-order valence-corrected chi connectivity index (χ3v) is 14.5. The summed E-state index contributed by atoms with van der Waals surface area (Å²) in [5, 5.41) is 11.6. The number of carbonyl (C=O) groups is 2. The summed E-state index contributed by atoms with van der Waals surface area (Å²) in [7, 11) is -0.649. The van der Waals surface area contributed by atoms with Crippen LogP contribution >= 0.6 is 23.5 Å². The SMILES string of the molecule is COC(=O)c1ccc2c(C3CCCCC3)c(-c3ccccc3SCCO)[nH]c2c1.COC(=O)c1ccc2c(C3CCCCC3)c(-c3ccccc3SCCOS(C)(=O)=O)[nH]c2c1. The summed E-state index contributed by atoms with van der Waals surface area (Å²) in [4.78, 5) is 33.6.